The van der Waals surface area contributed by atoms with E-state index in [1.165, 1.54) is 25.7 Å². The molecule has 2 rings (SSSR count). The van der Waals surface area contributed by atoms with E-state index in [1.54, 1.807) is 0 Å². The first-order valence-corrected chi connectivity index (χ1v) is 8.03. The van der Waals surface area contributed by atoms with Gasteiger partial charge in [0.1, 0.15) is 5.82 Å². The third kappa shape index (κ3) is 4.35. The number of aromatic nitrogens is 1. The van der Waals surface area contributed by atoms with Crippen molar-refractivity contribution in [3.05, 3.63) is 22.8 Å². The fourth-order valence-electron chi connectivity index (χ4n) is 2.84. The van der Waals surface area contributed by atoms with Gasteiger partial charge in [0, 0.05) is 32.4 Å². The molecule has 1 fully saturated rings. The molecule has 1 saturated carbocycles. The number of rotatable bonds is 6. The summed E-state index contributed by atoms with van der Waals surface area (Å²) in [7, 11) is 2.10. The van der Waals surface area contributed by atoms with Gasteiger partial charge >= 0.3 is 0 Å². The van der Waals surface area contributed by atoms with Crippen molar-refractivity contribution in [2.75, 3.05) is 18.5 Å². The molecule has 20 heavy (non-hydrogen) atoms. The van der Waals surface area contributed by atoms with Crippen molar-refractivity contribution in [3.8, 4) is 0 Å². The van der Waals surface area contributed by atoms with Gasteiger partial charge in [-0.3, -0.25) is 0 Å². The summed E-state index contributed by atoms with van der Waals surface area (Å²) in [4.78, 5) is 6.76. The molecular weight excluding hydrogens is 270 g/mol. The van der Waals surface area contributed by atoms with Crippen LogP contribution in [-0.4, -0.2) is 24.6 Å². The van der Waals surface area contributed by atoms with Crippen LogP contribution in [0.5, 0.6) is 0 Å². The molecule has 0 aliphatic heterocycles. The molecule has 1 aliphatic rings. The Morgan fingerprint density at radius 3 is 2.70 bits per heavy atom. The number of nitrogens with one attached hydrogen (secondary N) is 1. The van der Waals surface area contributed by atoms with Gasteiger partial charge in [0.15, 0.2) is 0 Å². The highest BCUT2D eigenvalue weighted by molar-refractivity contribution is 6.33. The summed E-state index contributed by atoms with van der Waals surface area (Å²) in [5.74, 6) is 1.71. The van der Waals surface area contributed by atoms with E-state index in [-0.39, 0.29) is 0 Å². The van der Waals surface area contributed by atoms with Crippen molar-refractivity contribution in [1.82, 2.24) is 10.3 Å². The fourth-order valence-corrected chi connectivity index (χ4v) is 3.17. The molecule has 3 nitrogen and oxygen atoms in total. The minimum absolute atomic E-state index is 0.471. The molecular formula is C16H26ClN3. The number of hydrogen-bond donors (Lipinski definition) is 1. The van der Waals surface area contributed by atoms with Gasteiger partial charge in [-0.15, -0.1) is 0 Å². The number of halogens is 1. The maximum Gasteiger partial charge on any atom is 0.147 e. The molecule has 1 heterocycles. The number of anilines is 1. The van der Waals surface area contributed by atoms with E-state index in [1.807, 2.05) is 12.3 Å². The molecule has 0 amide bonds. The highest BCUT2D eigenvalue weighted by Crippen LogP contribution is 2.29. The van der Waals surface area contributed by atoms with Gasteiger partial charge in [-0.2, -0.15) is 0 Å². The Labute approximate surface area is 127 Å². The Morgan fingerprint density at radius 2 is 2.10 bits per heavy atom. The largest absolute Gasteiger partial charge is 0.358 e. The predicted octanol–water partition coefficient (Wildman–Crippen LogP) is 3.86. The molecule has 0 atom stereocenters. The van der Waals surface area contributed by atoms with Crippen molar-refractivity contribution in [2.45, 2.75) is 52.1 Å². The molecule has 0 bridgehead atoms. The molecule has 1 aliphatic carbocycles. The topological polar surface area (TPSA) is 28.2 Å². The predicted molar refractivity (Wildman–Crippen MR) is 86.5 cm³/mol. The molecule has 0 aromatic carbocycles. The maximum atomic E-state index is 6.39. The quantitative estimate of drug-likeness (QED) is 0.864. The fraction of sp³-hybridized carbons (Fsp3) is 0.688. The summed E-state index contributed by atoms with van der Waals surface area (Å²) >= 11 is 6.39. The molecule has 1 aromatic rings. The van der Waals surface area contributed by atoms with Crippen LogP contribution in [0.15, 0.2) is 12.3 Å². The average Bonchev–Trinajstić information content (AvgIpc) is 2.89. The molecule has 112 valence electrons. The van der Waals surface area contributed by atoms with Crippen molar-refractivity contribution in [1.29, 1.82) is 0 Å². The second-order valence-electron chi connectivity index (χ2n) is 6.22. The first-order chi connectivity index (χ1) is 9.56. The Hall–Kier alpha value is -0.800. The monoisotopic (exact) mass is 295 g/mol. The van der Waals surface area contributed by atoms with Crippen LogP contribution in [0.4, 0.5) is 5.82 Å². The van der Waals surface area contributed by atoms with Crippen molar-refractivity contribution in [2.24, 2.45) is 5.92 Å². The summed E-state index contributed by atoms with van der Waals surface area (Å²) in [5, 5.41) is 4.14. The van der Waals surface area contributed by atoms with Crippen molar-refractivity contribution >= 4 is 17.4 Å². The van der Waals surface area contributed by atoms with Crippen LogP contribution in [-0.2, 0) is 6.54 Å². The van der Waals surface area contributed by atoms with E-state index in [0.29, 0.717) is 6.04 Å². The molecule has 4 heteroatoms. The highest BCUT2D eigenvalue weighted by Gasteiger charge is 2.18. The Kier molecular flexibility index (Phi) is 5.67. The van der Waals surface area contributed by atoms with Crippen LogP contribution in [0.3, 0.4) is 0 Å². The zero-order valence-electron chi connectivity index (χ0n) is 12.8. The van der Waals surface area contributed by atoms with E-state index in [9.17, 15) is 0 Å². The minimum atomic E-state index is 0.471. The van der Waals surface area contributed by atoms with E-state index in [4.69, 9.17) is 11.6 Å². The molecule has 0 spiro atoms. The summed E-state index contributed by atoms with van der Waals surface area (Å²) in [6, 6.07) is 2.50. The molecule has 0 unspecified atom stereocenters. The second kappa shape index (κ2) is 7.28. The van der Waals surface area contributed by atoms with Crippen molar-refractivity contribution < 1.29 is 0 Å². The summed E-state index contributed by atoms with van der Waals surface area (Å²) in [6.07, 6.45) is 7.37. The lowest BCUT2D eigenvalue weighted by Gasteiger charge is -2.23. The summed E-state index contributed by atoms with van der Waals surface area (Å²) in [6.45, 7) is 6.16. The van der Waals surface area contributed by atoms with E-state index < -0.39 is 0 Å². The van der Waals surface area contributed by atoms with Crippen LogP contribution < -0.4 is 10.2 Å². The Bertz CT molecular complexity index is 428. The Morgan fingerprint density at radius 1 is 1.40 bits per heavy atom. The van der Waals surface area contributed by atoms with Crippen LogP contribution in [0.25, 0.3) is 0 Å². The van der Waals surface area contributed by atoms with E-state index in [0.717, 1.165) is 35.4 Å². The first-order valence-electron chi connectivity index (χ1n) is 7.65. The van der Waals surface area contributed by atoms with Crippen LogP contribution in [0.1, 0.15) is 45.1 Å². The van der Waals surface area contributed by atoms with Crippen molar-refractivity contribution in [3.63, 3.8) is 0 Å². The second-order valence-corrected chi connectivity index (χ2v) is 6.62. The van der Waals surface area contributed by atoms with Gasteiger partial charge in [-0.05, 0) is 30.4 Å². The van der Waals surface area contributed by atoms with Crippen LogP contribution in [0.2, 0.25) is 5.02 Å². The van der Waals surface area contributed by atoms with E-state index in [2.05, 4.69) is 36.1 Å². The molecule has 1 aromatic heterocycles. The molecule has 0 radical (unpaired) electrons. The SMILES string of the molecule is CC(C)NCc1cnc(N(C)CC2CCCC2)c(Cl)c1. The average molecular weight is 296 g/mol. The van der Waals surface area contributed by atoms with Gasteiger partial charge in [0.25, 0.3) is 0 Å². The molecule has 1 N–H and O–H groups in total. The lowest BCUT2D eigenvalue weighted by Crippen LogP contribution is -2.25. The maximum absolute atomic E-state index is 6.39. The number of hydrogen-bond acceptors (Lipinski definition) is 3. The standard InChI is InChI=1S/C16H26ClN3/c1-12(2)18-9-14-8-15(17)16(19-10-14)20(3)11-13-6-4-5-7-13/h8,10,12-13,18H,4-7,9,11H2,1-3H3. The highest BCUT2D eigenvalue weighted by atomic mass is 35.5. The van der Waals surface area contributed by atoms with E-state index >= 15 is 0 Å². The minimum Gasteiger partial charge on any atom is -0.358 e. The number of pyridine rings is 1. The van der Waals surface area contributed by atoms with Crippen LogP contribution in [0, 0.1) is 5.92 Å². The summed E-state index contributed by atoms with van der Waals surface area (Å²) < 4.78 is 0. The van der Waals surface area contributed by atoms with Gasteiger partial charge in [-0.25, -0.2) is 4.98 Å². The third-order valence-electron chi connectivity index (χ3n) is 3.96. The lowest BCUT2D eigenvalue weighted by atomic mass is 10.1. The summed E-state index contributed by atoms with van der Waals surface area (Å²) in [5.41, 5.74) is 1.14. The smallest absolute Gasteiger partial charge is 0.147 e. The van der Waals surface area contributed by atoms with Gasteiger partial charge < -0.3 is 10.2 Å². The van der Waals surface area contributed by atoms with Crippen LogP contribution >= 0.6 is 11.6 Å². The lowest BCUT2D eigenvalue weighted by molar-refractivity contribution is 0.545. The van der Waals surface area contributed by atoms with Gasteiger partial charge in [-0.1, -0.05) is 38.3 Å². The van der Waals surface area contributed by atoms with Gasteiger partial charge in [0.2, 0.25) is 0 Å². The third-order valence-corrected chi connectivity index (χ3v) is 4.24. The molecule has 0 saturated heterocycles. The zero-order chi connectivity index (χ0) is 14.5. The number of nitrogens with zero attached hydrogens (tertiary/aromatic N) is 2. The zero-order valence-corrected chi connectivity index (χ0v) is 13.6. The normalized spacial score (nSPS) is 16.1. The van der Waals surface area contributed by atoms with Gasteiger partial charge in [0.05, 0.1) is 5.02 Å². The first kappa shape index (κ1) is 15.6. The Balaban J connectivity index is 1.97.